The van der Waals surface area contributed by atoms with Crippen molar-refractivity contribution in [2.24, 2.45) is 0 Å². The topological polar surface area (TPSA) is 40.5 Å². The lowest BCUT2D eigenvalue weighted by Gasteiger charge is -2.21. The van der Waals surface area contributed by atoms with Crippen molar-refractivity contribution < 1.29 is 9.90 Å². The molecule has 1 aliphatic rings. The number of halogens is 1. The quantitative estimate of drug-likeness (QED) is 0.933. The Morgan fingerprint density at radius 1 is 1.59 bits per heavy atom. The van der Waals surface area contributed by atoms with Crippen molar-refractivity contribution in [3.8, 4) is 0 Å². The van der Waals surface area contributed by atoms with E-state index in [1.807, 2.05) is 24.0 Å². The Labute approximate surface area is 110 Å². The van der Waals surface area contributed by atoms with Crippen molar-refractivity contribution in [1.29, 1.82) is 0 Å². The van der Waals surface area contributed by atoms with E-state index in [-0.39, 0.29) is 6.04 Å². The highest BCUT2D eigenvalue weighted by molar-refractivity contribution is 9.10. The van der Waals surface area contributed by atoms with Gasteiger partial charge < -0.3 is 5.11 Å². The van der Waals surface area contributed by atoms with E-state index in [0.29, 0.717) is 0 Å². The van der Waals surface area contributed by atoms with Gasteiger partial charge in [-0.05, 0) is 43.5 Å². The summed E-state index contributed by atoms with van der Waals surface area (Å²) in [6, 6.07) is 5.88. The van der Waals surface area contributed by atoms with Gasteiger partial charge in [0.25, 0.3) is 0 Å². The first-order valence-electron chi connectivity index (χ1n) is 5.80. The van der Waals surface area contributed by atoms with Gasteiger partial charge in [-0.3, -0.25) is 9.69 Å². The van der Waals surface area contributed by atoms with Gasteiger partial charge in [0.1, 0.15) is 6.04 Å². The summed E-state index contributed by atoms with van der Waals surface area (Å²) in [6.07, 6.45) is 1.75. The minimum atomic E-state index is -0.698. The lowest BCUT2D eigenvalue weighted by Crippen LogP contribution is -2.35. The molecule has 0 spiro atoms. The highest BCUT2D eigenvalue weighted by Gasteiger charge is 2.30. The van der Waals surface area contributed by atoms with Crippen molar-refractivity contribution in [3.05, 3.63) is 33.8 Å². The van der Waals surface area contributed by atoms with Crippen LogP contribution < -0.4 is 0 Å². The smallest absolute Gasteiger partial charge is 0.320 e. The number of carboxylic acids is 1. The van der Waals surface area contributed by atoms with Crippen LogP contribution >= 0.6 is 15.9 Å². The second kappa shape index (κ2) is 5.19. The first kappa shape index (κ1) is 12.6. The number of carbonyl (C=O) groups is 1. The molecule has 1 aromatic rings. The normalized spacial score (nSPS) is 20.7. The van der Waals surface area contributed by atoms with Crippen LogP contribution in [0.2, 0.25) is 0 Å². The zero-order valence-electron chi connectivity index (χ0n) is 9.82. The van der Waals surface area contributed by atoms with Gasteiger partial charge >= 0.3 is 5.97 Å². The maximum absolute atomic E-state index is 11.1. The third kappa shape index (κ3) is 2.87. The first-order chi connectivity index (χ1) is 8.08. The lowest BCUT2D eigenvalue weighted by atomic mass is 10.1. The van der Waals surface area contributed by atoms with Crippen LogP contribution in [0.4, 0.5) is 0 Å². The number of rotatable bonds is 3. The van der Waals surface area contributed by atoms with E-state index >= 15 is 0 Å². The minimum absolute atomic E-state index is 0.307. The summed E-state index contributed by atoms with van der Waals surface area (Å²) in [5.74, 6) is -0.698. The van der Waals surface area contributed by atoms with Gasteiger partial charge in [-0.25, -0.2) is 0 Å². The van der Waals surface area contributed by atoms with Crippen molar-refractivity contribution in [2.75, 3.05) is 6.54 Å². The number of aliphatic carboxylic acids is 1. The number of nitrogens with zero attached hydrogens (tertiary/aromatic N) is 1. The first-order valence-corrected chi connectivity index (χ1v) is 6.59. The molecule has 1 fully saturated rings. The van der Waals surface area contributed by atoms with E-state index in [4.69, 9.17) is 5.11 Å². The van der Waals surface area contributed by atoms with Crippen molar-refractivity contribution in [2.45, 2.75) is 32.4 Å². The molecule has 0 aliphatic carbocycles. The zero-order valence-corrected chi connectivity index (χ0v) is 11.4. The second-order valence-corrected chi connectivity index (χ2v) is 5.40. The summed E-state index contributed by atoms with van der Waals surface area (Å²) < 4.78 is 1.09. The second-order valence-electron chi connectivity index (χ2n) is 4.55. The summed E-state index contributed by atoms with van der Waals surface area (Å²) in [4.78, 5) is 13.1. The molecule has 3 nitrogen and oxygen atoms in total. The molecule has 1 aromatic carbocycles. The van der Waals surface area contributed by atoms with Gasteiger partial charge in [0.15, 0.2) is 0 Å². The maximum atomic E-state index is 11.1. The van der Waals surface area contributed by atoms with Crippen molar-refractivity contribution in [3.63, 3.8) is 0 Å². The Bertz CT molecular complexity index is 433. The molecule has 1 aliphatic heterocycles. The molecule has 2 rings (SSSR count). The molecule has 0 unspecified atom stereocenters. The average Bonchev–Trinajstić information content (AvgIpc) is 2.72. The molecule has 1 N–H and O–H groups in total. The van der Waals surface area contributed by atoms with Crippen LogP contribution in [0.5, 0.6) is 0 Å². The molecule has 0 radical (unpaired) electrons. The summed E-state index contributed by atoms with van der Waals surface area (Å²) in [6.45, 7) is 3.66. The predicted octanol–water partition coefficient (Wildman–Crippen LogP) is 2.81. The SMILES string of the molecule is Cc1cc(CN2CCC[C@H]2C(=O)O)ccc1Br. The van der Waals surface area contributed by atoms with Crippen LogP contribution in [-0.4, -0.2) is 28.6 Å². The largest absolute Gasteiger partial charge is 0.480 e. The number of hydrogen-bond acceptors (Lipinski definition) is 2. The summed E-state index contributed by atoms with van der Waals surface area (Å²) in [5, 5.41) is 9.11. The lowest BCUT2D eigenvalue weighted by molar-refractivity contribution is -0.142. The average molecular weight is 298 g/mol. The van der Waals surface area contributed by atoms with Crippen molar-refractivity contribution in [1.82, 2.24) is 4.90 Å². The molecular weight excluding hydrogens is 282 g/mol. The van der Waals surface area contributed by atoms with Gasteiger partial charge in [-0.1, -0.05) is 28.1 Å². The Morgan fingerprint density at radius 3 is 3.00 bits per heavy atom. The fraction of sp³-hybridized carbons (Fsp3) is 0.462. The number of aryl methyl sites for hydroxylation is 1. The van der Waals surface area contributed by atoms with Crippen LogP contribution in [0.25, 0.3) is 0 Å². The Morgan fingerprint density at radius 2 is 2.35 bits per heavy atom. The molecule has 0 aromatic heterocycles. The molecule has 0 amide bonds. The van der Waals surface area contributed by atoms with Crippen LogP contribution in [0.1, 0.15) is 24.0 Å². The van der Waals surface area contributed by atoms with E-state index in [0.717, 1.165) is 30.4 Å². The fourth-order valence-corrected chi connectivity index (χ4v) is 2.58. The van der Waals surface area contributed by atoms with Crippen LogP contribution in [0.15, 0.2) is 22.7 Å². The Balaban J connectivity index is 2.09. The zero-order chi connectivity index (χ0) is 12.4. The van der Waals surface area contributed by atoms with Crippen molar-refractivity contribution >= 4 is 21.9 Å². The summed E-state index contributed by atoms with van der Waals surface area (Å²) in [5.41, 5.74) is 2.37. The molecule has 1 heterocycles. The van der Waals surface area contributed by atoms with Gasteiger partial charge in [0.2, 0.25) is 0 Å². The van der Waals surface area contributed by atoms with Gasteiger partial charge in [-0.2, -0.15) is 0 Å². The van der Waals surface area contributed by atoms with E-state index in [1.54, 1.807) is 0 Å². The molecule has 4 heteroatoms. The van der Waals surface area contributed by atoms with Crippen LogP contribution in [0.3, 0.4) is 0 Å². The van der Waals surface area contributed by atoms with E-state index < -0.39 is 5.97 Å². The number of hydrogen-bond donors (Lipinski definition) is 1. The van der Waals surface area contributed by atoms with Gasteiger partial charge in [0, 0.05) is 11.0 Å². The summed E-state index contributed by atoms with van der Waals surface area (Å²) in [7, 11) is 0. The molecular formula is C13H16BrNO2. The molecule has 17 heavy (non-hydrogen) atoms. The molecule has 1 saturated heterocycles. The highest BCUT2D eigenvalue weighted by Crippen LogP contribution is 2.22. The van der Waals surface area contributed by atoms with Crippen LogP contribution in [-0.2, 0) is 11.3 Å². The third-order valence-electron chi connectivity index (χ3n) is 3.26. The minimum Gasteiger partial charge on any atom is -0.480 e. The van der Waals surface area contributed by atoms with Gasteiger partial charge in [-0.15, -0.1) is 0 Å². The van der Waals surface area contributed by atoms with E-state index in [2.05, 4.69) is 22.0 Å². The number of benzene rings is 1. The monoisotopic (exact) mass is 297 g/mol. The number of likely N-dealkylation sites (tertiary alicyclic amines) is 1. The maximum Gasteiger partial charge on any atom is 0.320 e. The highest BCUT2D eigenvalue weighted by atomic mass is 79.9. The molecule has 0 saturated carbocycles. The molecule has 0 bridgehead atoms. The third-order valence-corrected chi connectivity index (χ3v) is 4.15. The van der Waals surface area contributed by atoms with E-state index in [1.165, 1.54) is 11.1 Å². The standard InChI is InChI=1S/C13H16BrNO2/c1-9-7-10(4-5-11(9)14)8-15-6-2-3-12(15)13(16)17/h4-5,7,12H,2-3,6,8H2,1H3,(H,16,17)/t12-/m0/s1. The molecule has 92 valence electrons. The Kier molecular flexibility index (Phi) is 3.84. The predicted molar refractivity (Wildman–Crippen MR) is 69.9 cm³/mol. The Hall–Kier alpha value is -0.870. The fourth-order valence-electron chi connectivity index (χ4n) is 2.33. The molecule has 1 atom stereocenters. The number of carboxylic acid groups (broad SMARTS) is 1. The van der Waals surface area contributed by atoms with Gasteiger partial charge in [0.05, 0.1) is 0 Å². The summed E-state index contributed by atoms with van der Waals surface area (Å²) >= 11 is 3.47. The van der Waals surface area contributed by atoms with E-state index in [9.17, 15) is 4.79 Å². The van der Waals surface area contributed by atoms with Crippen LogP contribution in [0, 0.1) is 6.92 Å².